The molecule has 0 aliphatic rings. The van der Waals surface area contributed by atoms with Crippen molar-refractivity contribution in [3.8, 4) is 45.3 Å². The molecule has 0 saturated heterocycles. The van der Waals surface area contributed by atoms with E-state index < -0.39 is 0 Å². The molecule has 4 heteroatoms. The summed E-state index contributed by atoms with van der Waals surface area (Å²) in [6.45, 7) is 0. The fraction of sp³-hybridized carbons (Fsp3) is 0. The van der Waals surface area contributed by atoms with Crippen molar-refractivity contribution in [3.05, 3.63) is 151 Å². The summed E-state index contributed by atoms with van der Waals surface area (Å²) >= 11 is 6.58. The van der Waals surface area contributed by atoms with E-state index in [-0.39, 0.29) is 0 Å². The molecule has 0 aliphatic carbocycles. The smallest absolute Gasteiger partial charge is 0.164 e. The van der Waals surface area contributed by atoms with E-state index >= 15 is 0 Å². The third kappa shape index (κ3) is 4.51. The number of hydrogen-bond donors (Lipinski definition) is 0. The molecule has 8 rings (SSSR count). The molecule has 1 aromatic heterocycles. The van der Waals surface area contributed by atoms with Gasteiger partial charge in [0.1, 0.15) is 0 Å². The van der Waals surface area contributed by atoms with Crippen LogP contribution in [-0.4, -0.2) is 15.0 Å². The lowest BCUT2D eigenvalue weighted by atomic mass is 9.92. The first-order valence-corrected chi connectivity index (χ1v) is 14.6. The van der Waals surface area contributed by atoms with Crippen molar-refractivity contribution in [1.29, 1.82) is 0 Å². The maximum absolute atomic E-state index is 6.58. The third-order valence-electron chi connectivity index (χ3n) is 8.00. The Morgan fingerprint density at radius 2 is 0.860 bits per heavy atom. The monoisotopic (exact) mass is 569 g/mol. The molecule has 202 valence electrons. The first-order valence-electron chi connectivity index (χ1n) is 14.2. The number of halogens is 1. The number of hydrogen-bond acceptors (Lipinski definition) is 3. The normalized spacial score (nSPS) is 11.4. The van der Waals surface area contributed by atoms with Gasteiger partial charge in [-0.25, -0.2) is 15.0 Å². The van der Waals surface area contributed by atoms with Gasteiger partial charge in [0.2, 0.25) is 0 Å². The van der Waals surface area contributed by atoms with Crippen molar-refractivity contribution in [2.75, 3.05) is 0 Å². The average molecular weight is 570 g/mol. The Morgan fingerprint density at radius 3 is 1.60 bits per heavy atom. The van der Waals surface area contributed by atoms with Crippen molar-refractivity contribution in [2.45, 2.75) is 0 Å². The van der Waals surface area contributed by atoms with E-state index in [0.717, 1.165) is 59.8 Å². The van der Waals surface area contributed by atoms with Gasteiger partial charge < -0.3 is 0 Å². The zero-order chi connectivity index (χ0) is 28.8. The molecule has 0 saturated carbocycles. The Labute approximate surface area is 254 Å². The second kappa shape index (κ2) is 10.5. The summed E-state index contributed by atoms with van der Waals surface area (Å²) in [4.78, 5) is 15.1. The van der Waals surface area contributed by atoms with Crippen LogP contribution in [0.15, 0.2) is 146 Å². The molecule has 0 fully saturated rings. The highest BCUT2D eigenvalue weighted by atomic mass is 35.5. The summed E-state index contributed by atoms with van der Waals surface area (Å²) < 4.78 is 0. The first kappa shape index (κ1) is 25.3. The molecule has 0 atom stereocenters. The molecule has 0 bridgehead atoms. The zero-order valence-corrected chi connectivity index (χ0v) is 23.8. The van der Waals surface area contributed by atoms with Gasteiger partial charge >= 0.3 is 0 Å². The van der Waals surface area contributed by atoms with Crippen LogP contribution in [-0.2, 0) is 0 Å². The van der Waals surface area contributed by atoms with Gasteiger partial charge in [-0.3, -0.25) is 0 Å². The Balaban J connectivity index is 1.36. The molecular weight excluding hydrogens is 546 g/mol. The van der Waals surface area contributed by atoms with E-state index in [2.05, 4.69) is 103 Å². The minimum atomic E-state index is 0.640. The Bertz CT molecular complexity index is 2310. The Morgan fingerprint density at radius 1 is 0.349 bits per heavy atom. The number of benzene rings is 7. The molecule has 0 unspecified atom stereocenters. The number of nitrogens with zero attached hydrogens (tertiary/aromatic N) is 3. The molecular formula is C39H24ClN3. The van der Waals surface area contributed by atoms with Crippen LogP contribution < -0.4 is 0 Å². The van der Waals surface area contributed by atoms with Crippen LogP contribution in [0.2, 0.25) is 5.02 Å². The van der Waals surface area contributed by atoms with Gasteiger partial charge in [0, 0.05) is 27.1 Å². The summed E-state index contributed by atoms with van der Waals surface area (Å²) in [6, 6.07) is 49.9. The van der Waals surface area contributed by atoms with E-state index in [1.807, 2.05) is 42.5 Å². The summed E-state index contributed by atoms with van der Waals surface area (Å²) in [6.07, 6.45) is 0. The molecule has 0 N–H and O–H groups in total. The molecule has 7 aromatic carbocycles. The second-order valence-electron chi connectivity index (χ2n) is 10.6. The van der Waals surface area contributed by atoms with Gasteiger partial charge in [0.05, 0.1) is 0 Å². The molecule has 1 heterocycles. The minimum absolute atomic E-state index is 0.640. The van der Waals surface area contributed by atoms with Gasteiger partial charge in [-0.15, -0.1) is 0 Å². The van der Waals surface area contributed by atoms with Crippen molar-refractivity contribution < 1.29 is 0 Å². The maximum atomic E-state index is 6.58. The molecule has 8 aromatic rings. The van der Waals surface area contributed by atoms with Crippen LogP contribution in [0.3, 0.4) is 0 Å². The summed E-state index contributed by atoms with van der Waals surface area (Å²) in [7, 11) is 0. The fourth-order valence-corrected chi connectivity index (χ4v) is 6.12. The predicted octanol–water partition coefficient (Wildman–Crippen LogP) is 10.7. The van der Waals surface area contributed by atoms with Gasteiger partial charge in [-0.2, -0.15) is 0 Å². The van der Waals surface area contributed by atoms with Gasteiger partial charge in [0.15, 0.2) is 17.5 Å². The molecule has 3 nitrogen and oxygen atoms in total. The van der Waals surface area contributed by atoms with Crippen LogP contribution in [0.5, 0.6) is 0 Å². The van der Waals surface area contributed by atoms with Crippen LogP contribution >= 0.6 is 11.6 Å². The SMILES string of the molecule is Clc1ccc(-c2ccc(-c3nc(-c4ccccc4)nc(-c4ccc5ccccc5c4)n3)c3ccccc23)c2ccccc12. The topological polar surface area (TPSA) is 38.7 Å². The Kier molecular flexibility index (Phi) is 6.17. The van der Waals surface area contributed by atoms with Crippen molar-refractivity contribution in [3.63, 3.8) is 0 Å². The van der Waals surface area contributed by atoms with E-state index in [0.29, 0.717) is 17.5 Å². The standard InChI is InChI=1S/C39H24ClN3/c40-36-23-22-33(30-15-8-9-17-34(30)36)32-20-21-35(31-16-7-6-14-29(31)32)39-42-37(26-11-2-1-3-12-26)41-38(43-39)28-19-18-25-10-4-5-13-27(25)24-28/h1-24H. The quantitative estimate of drug-likeness (QED) is 0.211. The highest BCUT2D eigenvalue weighted by Crippen LogP contribution is 2.39. The number of rotatable bonds is 4. The predicted molar refractivity (Wildman–Crippen MR) is 179 cm³/mol. The molecule has 0 aliphatic heterocycles. The molecule has 43 heavy (non-hydrogen) atoms. The summed E-state index contributed by atoms with van der Waals surface area (Å²) in [5, 5.41) is 7.45. The first-order chi connectivity index (χ1) is 21.2. The molecule has 0 amide bonds. The van der Waals surface area contributed by atoms with E-state index in [9.17, 15) is 0 Å². The minimum Gasteiger partial charge on any atom is -0.208 e. The third-order valence-corrected chi connectivity index (χ3v) is 8.33. The van der Waals surface area contributed by atoms with Crippen molar-refractivity contribution in [2.24, 2.45) is 0 Å². The Hall–Kier alpha value is -5.38. The van der Waals surface area contributed by atoms with Crippen molar-refractivity contribution >= 4 is 43.9 Å². The number of fused-ring (bicyclic) bond motifs is 3. The van der Waals surface area contributed by atoms with Crippen molar-refractivity contribution in [1.82, 2.24) is 15.0 Å². The van der Waals surface area contributed by atoms with E-state index in [4.69, 9.17) is 26.6 Å². The lowest BCUT2D eigenvalue weighted by Gasteiger charge is -2.15. The van der Waals surface area contributed by atoms with Crippen LogP contribution in [0.4, 0.5) is 0 Å². The van der Waals surface area contributed by atoms with E-state index in [1.54, 1.807) is 0 Å². The largest absolute Gasteiger partial charge is 0.208 e. The van der Waals surface area contributed by atoms with Crippen LogP contribution in [0, 0.1) is 0 Å². The van der Waals surface area contributed by atoms with E-state index in [1.165, 1.54) is 5.39 Å². The molecule has 0 spiro atoms. The zero-order valence-electron chi connectivity index (χ0n) is 23.1. The second-order valence-corrected chi connectivity index (χ2v) is 11.0. The lowest BCUT2D eigenvalue weighted by Crippen LogP contribution is -2.01. The van der Waals surface area contributed by atoms with Crippen LogP contribution in [0.1, 0.15) is 0 Å². The lowest BCUT2D eigenvalue weighted by molar-refractivity contribution is 1.08. The van der Waals surface area contributed by atoms with Gasteiger partial charge in [-0.05, 0) is 56.3 Å². The van der Waals surface area contributed by atoms with Gasteiger partial charge in [-0.1, -0.05) is 139 Å². The number of aromatic nitrogens is 3. The molecule has 0 radical (unpaired) electrons. The highest BCUT2D eigenvalue weighted by Gasteiger charge is 2.17. The van der Waals surface area contributed by atoms with Crippen LogP contribution in [0.25, 0.3) is 77.6 Å². The summed E-state index contributed by atoms with van der Waals surface area (Å²) in [5.74, 6) is 1.93. The fourth-order valence-electron chi connectivity index (χ4n) is 5.90. The average Bonchev–Trinajstić information content (AvgIpc) is 3.08. The maximum Gasteiger partial charge on any atom is 0.164 e. The van der Waals surface area contributed by atoms with Gasteiger partial charge in [0.25, 0.3) is 0 Å². The summed E-state index contributed by atoms with van der Waals surface area (Å²) in [5.41, 5.74) is 5.13. The highest BCUT2D eigenvalue weighted by molar-refractivity contribution is 6.36.